The molecule has 1 aromatic heterocycles. The summed E-state index contributed by atoms with van der Waals surface area (Å²) >= 11 is 3.03. The van der Waals surface area contributed by atoms with Gasteiger partial charge in [0.2, 0.25) is 0 Å². The van der Waals surface area contributed by atoms with E-state index in [0.717, 1.165) is 10.0 Å². The number of hydrogen-bond acceptors (Lipinski definition) is 5. The largest absolute Gasteiger partial charge is 0.480 e. The Kier molecular flexibility index (Phi) is 5.07. The molecule has 1 atom stereocenters. The molecular weight excluding hydrogens is 232 g/mol. The van der Waals surface area contributed by atoms with E-state index in [1.807, 2.05) is 19.2 Å². The van der Waals surface area contributed by atoms with Crippen LogP contribution in [0.3, 0.4) is 0 Å². The molecule has 0 aliphatic heterocycles. The third-order valence-corrected chi connectivity index (χ3v) is 3.95. The first-order chi connectivity index (χ1) is 7.13. The summed E-state index contributed by atoms with van der Waals surface area (Å²) in [6, 6.07) is -0.496. The van der Waals surface area contributed by atoms with Crippen LogP contribution < -0.4 is 5.32 Å². The quantitative estimate of drug-likeness (QED) is 0.747. The molecule has 84 valence electrons. The van der Waals surface area contributed by atoms with Crippen LogP contribution in [0.15, 0.2) is 9.72 Å². The van der Waals surface area contributed by atoms with E-state index < -0.39 is 12.0 Å². The predicted octanol–water partition coefficient (Wildman–Crippen LogP) is 1.61. The first-order valence-electron chi connectivity index (χ1n) is 4.64. The molecule has 1 unspecified atom stereocenters. The number of nitrogens with zero attached hydrogens (tertiary/aromatic N) is 1. The fourth-order valence-electron chi connectivity index (χ4n) is 1.02. The summed E-state index contributed by atoms with van der Waals surface area (Å²) in [5.41, 5.74) is 0.984. The average Bonchev–Trinajstić information content (AvgIpc) is 2.58. The van der Waals surface area contributed by atoms with Gasteiger partial charge in [-0.3, -0.25) is 4.79 Å². The van der Waals surface area contributed by atoms with Crippen LogP contribution in [-0.2, 0) is 4.79 Å². The van der Waals surface area contributed by atoms with Crippen LogP contribution in [0.25, 0.3) is 0 Å². The molecule has 15 heavy (non-hydrogen) atoms. The molecule has 0 fully saturated rings. The van der Waals surface area contributed by atoms with Gasteiger partial charge in [-0.1, -0.05) is 18.7 Å². The van der Waals surface area contributed by atoms with Gasteiger partial charge in [-0.15, -0.1) is 11.3 Å². The van der Waals surface area contributed by atoms with Crippen LogP contribution in [-0.4, -0.2) is 34.4 Å². The van der Waals surface area contributed by atoms with Crippen LogP contribution in [0, 0.1) is 6.92 Å². The zero-order valence-electron chi connectivity index (χ0n) is 8.69. The van der Waals surface area contributed by atoms with Gasteiger partial charge in [0.25, 0.3) is 0 Å². The highest BCUT2D eigenvalue weighted by Gasteiger charge is 2.16. The molecule has 0 spiro atoms. The number of hydrogen-bond donors (Lipinski definition) is 2. The number of carboxylic acids is 1. The fraction of sp³-hybridized carbons (Fsp3) is 0.556. The zero-order valence-corrected chi connectivity index (χ0v) is 10.3. The Hall–Kier alpha value is -0.590. The molecule has 0 amide bonds. The number of likely N-dealkylation sites (N-methyl/N-ethyl adjacent to an activating group) is 1. The molecule has 2 N–H and O–H groups in total. The monoisotopic (exact) mass is 246 g/mol. The molecule has 1 aromatic rings. The van der Waals surface area contributed by atoms with Gasteiger partial charge in [0.1, 0.15) is 10.4 Å². The number of rotatable bonds is 6. The Labute approximate surface area is 97.1 Å². The molecule has 0 aromatic carbocycles. The van der Waals surface area contributed by atoms with Crippen molar-refractivity contribution < 1.29 is 9.90 Å². The molecule has 0 bridgehead atoms. The summed E-state index contributed by atoms with van der Waals surface area (Å²) in [5.74, 6) is -0.298. The number of thiazole rings is 1. The minimum atomic E-state index is -0.808. The standard InChI is InChI=1S/C9H14N2O2S2/c1-3-10-7(8(12)13)5-15-9-11-6(2)4-14-9/h4,7,10H,3,5H2,1-2H3,(H,12,13). The van der Waals surface area contributed by atoms with E-state index in [-0.39, 0.29) is 0 Å². The summed E-state index contributed by atoms with van der Waals surface area (Å²) in [5, 5.41) is 13.8. The van der Waals surface area contributed by atoms with Gasteiger partial charge in [0, 0.05) is 16.8 Å². The summed E-state index contributed by atoms with van der Waals surface area (Å²) < 4.78 is 0.927. The Morgan fingerprint density at radius 1 is 1.80 bits per heavy atom. The lowest BCUT2D eigenvalue weighted by Gasteiger charge is -2.10. The van der Waals surface area contributed by atoms with Crippen LogP contribution in [0.5, 0.6) is 0 Å². The van der Waals surface area contributed by atoms with Crippen LogP contribution in [0.2, 0.25) is 0 Å². The second-order valence-corrected chi connectivity index (χ2v) is 5.14. The number of carbonyl (C=O) groups is 1. The summed E-state index contributed by atoms with van der Waals surface area (Å²) in [7, 11) is 0. The Morgan fingerprint density at radius 2 is 2.53 bits per heavy atom. The molecular formula is C9H14N2O2S2. The molecule has 0 aliphatic rings. The van der Waals surface area contributed by atoms with E-state index in [2.05, 4.69) is 10.3 Å². The molecule has 1 heterocycles. The van der Waals surface area contributed by atoms with Crippen molar-refractivity contribution in [3.8, 4) is 0 Å². The second kappa shape index (κ2) is 6.09. The molecule has 0 radical (unpaired) electrons. The van der Waals surface area contributed by atoms with E-state index in [1.165, 1.54) is 11.8 Å². The summed E-state index contributed by atoms with van der Waals surface area (Å²) in [4.78, 5) is 15.1. The average molecular weight is 246 g/mol. The first kappa shape index (κ1) is 12.5. The van der Waals surface area contributed by atoms with Crippen molar-refractivity contribution in [1.82, 2.24) is 10.3 Å². The van der Waals surface area contributed by atoms with Crippen molar-refractivity contribution in [3.05, 3.63) is 11.1 Å². The topological polar surface area (TPSA) is 62.2 Å². The lowest BCUT2D eigenvalue weighted by atomic mass is 10.3. The van der Waals surface area contributed by atoms with Gasteiger partial charge in [-0.2, -0.15) is 0 Å². The number of carboxylic acid groups (broad SMARTS) is 1. The zero-order chi connectivity index (χ0) is 11.3. The molecule has 0 saturated heterocycles. The first-order valence-corrected chi connectivity index (χ1v) is 6.51. The maximum absolute atomic E-state index is 10.8. The number of nitrogens with one attached hydrogen (secondary N) is 1. The lowest BCUT2D eigenvalue weighted by molar-refractivity contribution is -0.138. The molecule has 6 heteroatoms. The minimum Gasteiger partial charge on any atom is -0.480 e. The van der Waals surface area contributed by atoms with Crippen molar-refractivity contribution in [2.24, 2.45) is 0 Å². The molecule has 1 rings (SSSR count). The van der Waals surface area contributed by atoms with Crippen molar-refractivity contribution in [3.63, 3.8) is 0 Å². The normalized spacial score (nSPS) is 12.7. The Bertz CT molecular complexity index is 328. The summed E-state index contributed by atoms with van der Waals surface area (Å²) in [6.07, 6.45) is 0. The van der Waals surface area contributed by atoms with Gasteiger partial charge in [0.15, 0.2) is 0 Å². The minimum absolute atomic E-state index is 0.496. The molecule has 4 nitrogen and oxygen atoms in total. The highest BCUT2D eigenvalue weighted by molar-refractivity contribution is 8.01. The van der Waals surface area contributed by atoms with E-state index in [9.17, 15) is 4.79 Å². The van der Waals surface area contributed by atoms with Crippen molar-refractivity contribution >= 4 is 29.1 Å². The number of aliphatic carboxylic acids is 1. The summed E-state index contributed by atoms with van der Waals surface area (Å²) in [6.45, 7) is 4.49. The lowest BCUT2D eigenvalue weighted by Crippen LogP contribution is -2.38. The van der Waals surface area contributed by atoms with Gasteiger partial charge in [0.05, 0.1) is 0 Å². The second-order valence-electron chi connectivity index (χ2n) is 3.01. The fourth-order valence-corrected chi connectivity index (χ4v) is 2.94. The smallest absolute Gasteiger partial charge is 0.321 e. The third-order valence-electron chi connectivity index (χ3n) is 1.72. The SMILES string of the molecule is CCNC(CSc1nc(C)cs1)C(=O)O. The predicted molar refractivity (Wildman–Crippen MR) is 62.7 cm³/mol. The van der Waals surface area contributed by atoms with Gasteiger partial charge in [-0.05, 0) is 13.5 Å². The van der Waals surface area contributed by atoms with Crippen LogP contribution >= 0.6 is 23.1 Å². The molecule has 0 aliphatic carbocycles. The van der Waals surface area contributed by atoms with Gasteiger partial charge in [-0.25, -0.2) is 4.98 Å². The Balaban J connectivity index is 2.43. The highest BCUT2D eigenvalue weighted by Crippen LogP contribution is 2.22. The maximum Gasteiger partial charge on any atom is 0.321 e. The highest BCUT2D eigenvalue weighted by atomic mass is 32.2. The van der Waals surface area contributed by atoms with E-state index in [4.69, 9.17) is 5.11 Å². The van der Waals surface area contributed by atoms with Crippen molar-refractivity contribution in [2.45, 2.75) is 24.2 Å². The van der Waals surface area contributed by atoms with Crippen molar-refractivity contribution in [1.29, 1.82) is 0 Å². The third kappa shape index (κ3) is 4.19. The van der Waals surface area contributed by atoms with Crippen LogP contribution in [0.1, 0.15) is 12.6 Å². The maximum atomic E-state index is 10.8. The Morgan fingerprint density at radius 3 is 3.00 bits per heavy atom. The molecule has 0 saturated carbocycles. The number of aromatic nitrogens is 1. The van der Waals surface area contributed by atoms with Crippen molar-refractivity contribution in [2.75, 3.05) is 12.3 Å². The number of aryl methyl sites for hydroxylation is 1. The van der Waals surface area contributed by atoms with E-state index >= 15 is 0 Å². The van der Waals surface area contributed by atoms with Gasteiger partial charge >= 0.3 is 5.97 Å². The van der Waals surface area contributed by atoms with E-state index in [1.54, 1.807) is 11.3 Å². The number of thioether (sulfide) groups is 1. The van der Waals surface area contributed by atoms with E-state index in [0.29, 0.717) is 12.3 Å². The van der Waals surface area contributed by atoms with Crippen LogP contribution in [0.4, 0.5) is 0 Å². The van der Waals surface area contributed by atoms with Gasteiger partial charge < -0.3 is 10.4 Å².